The van der Waals surface area contributed by atoms with Crippen LogP contribution in [0.5, 0.6) is 11.5 Å². The van der Waals surface area contributed by atoms with Crippen LogP contribution < -0.4 is 25.0 Å². The molecule has 19 heteroatoms. The fraction of sp³-hybridized carbons (Fsp3) is 0.478. The Balaban J connectivity index is 0.796. The van der Waals surface area contributed by atoms with Crippen LogP contribution in [-0.2, 0) is 21.1 Å². The highest BCUT2D eigenvalue weighted by Crippen LogP contribution is 2.37. The molecule has 0 spiro atoms. The Labute approximate surface area is 383 Å². The Kier molecular flexibility index (Phi) is 13.8. The summed E-state index contributed by atoms with van der Waals surface area (Å²) in [5, 5.41) is 24.1. The van der Waals surface area contributed by atoms with E-state index >= 15 is 0 Å². The number of carbonyl (C=O) groups excluding carboxylic acids is 5. The molecule has 5 amide bonds. The third-order valence-electron chi connectivity index (χ3n) is 12.5. The number of amides is 5. The number of halogens is 1. The Morgan fingerprint density at radius 1 is 0.923 bits per heavy atom. The summed E-state index contributed by atoms with van der Waals surface area (Å²) in [6.07, 6.45) is 4.00. The Morgan fingerprint density at radius 2 is 1.69 bits per heavy atom. The zero-order valence-electron chi connectivity index (χ0n) is 36.9. The van der Waals surface area contributed by atoms with Crippen molar-refractivity contribution in [2.75, 3.05) is 50.8 Å². The molecule has 0 radical (unpaired) electrons. The van der Waals surface area contributed by atoms with Crippen LogP contribution in [0.3, 0.4) is 0 Å². The lowest BCUT2D eigenvalue weighted by atomic mass is 9.93. The van der Waals surface area contributed by atoms with E-state index in [2.05, 4.69) is 56.3 Å². The van der Waals surface area contributed by atoms with Crippen molar-refractivity contribution in [1.29, 1.82) is 5.26 Å². The number of carbonyl (C=O) groups is 5. The molecule has 65 heavy (non-hydrogen) atoms. The number of ether oxygens (including phenoxy) is 3. The van der Waals surface area contributed by atoms with Crippen molar-refractivity contribution in [3.63, 3.8) is 0 Å². The molecule has 4 aromatic rings. The monoisotopic (exact) mass is 923 g/mol. The first-order valence-electron chi connectivity index (χ1n) is 22.3. The van der Waals surface area contributed by atoms with Gasteiger partial charge in [0.1, 0.15) is 36.0 Å². The summed E-state index contributed by atoms with van der Waals surface area (Å²) in [4.78, 5) is 70.9. The number of aromatic nitrogens is 3. The van der Waals surface area contributed by atoms with E-state index in [0.717, 1.165) is 81.6 Å². The van der Waals surface area contributed by atoms with Gasteiger partial charge < -0.3 is 29.0 Å². The van der Waals surface area contributed by atoms with Crippen LogP contribution in [0.15, 0.2) is 48.5 Å². The number of rotatable bonds is 16. The van der Waals surface area contributed by atoms with Gasteiger partial charge in [-0.2, -0.15) is 5.26 Å². The summed E-state index contributed by atoms with van der Waals surface area (Å²) < 4.78 is 20.1. The average Bonchev–Trinajstić information content (AvgIpc) is 3.74. The molecule has 17 nitrogen and oxygen atoms in total. The van der Waals surface area contributed by atoms with Crippen molar-refractivity contribution in [3.8, 4) is 17.6 Å². The minimum atomic E-state index is -1.40. The van der Waals surface area contributed by atoms with Gasteiger partial charge in [-0.3, -0.25) is 39.1 Å². The number of piperazine rings is 1. The van der Waals surface area contributed by atoms with Gasteiger partial charge in [0.2, 0.25) is 11.8 Å². The van der Waals surface area contributed by atoms with Crippen molar-refractivity contribution in [3.05, 3.63) is 76.1 Å². The van der Waals surface area contributed by atoms with Gasteiger partial charge in [0.05, 0.1) is 34.4 Å². The maximum atomic E-state index is 13.9. The first-order chi connectivity index (χ1) is 31.3. The van der Waals surface area contributed by atoms with E-state index in [0.29, 0.717) is 46.2 Å². The molecule has 1 aliphatic carbocycles. The molecule has 2 aromatic carbocycles. The lowest BCUT2D eigenvalue weighted by molar-refractivity contribution is -0.136. The van der Waals surface area contributed by atoms with E-state index in [1.54, 1.807) is 41.0 Å². The lowest BCUT2D eigenvalue weighted by Gasteiger charge is -2.35. The molecular weight excluding hydrogens is 870 g/mol. The number of anilines is 1. The maximum Gasteiger partial charge on any atom is 0.279 e. The van der Waals surface area contributed by atoms with Gasteiger partial charge in [-0.1, -0.05) is 31.2 Å². The highest BCUT2D eigenvalue weighted by atomic mass is 35.5. The number of fused-ring (bicyclic) bond motifs is 3. The van der Waals surface area contributed by atoms with Crippen molar-refractivity contribution >= 4 is 65.9 Å². The molecule has 1 saturated carbocycles. The molecule has 1 unspecified atom stereocenters. The third-order valence-corrected chi connectivity index (χ3v) is 14.5. The van der Waals surface area contributed by atoms with Crippen LogP contribution in [0.1, 0.15) is 81.8 Å². The zero-order chi connectivity index (χ0) is 45.8. The number of piperidine rings is 1. The SMILES string of the molecule is C[Si](C)(C)CCOCn1c2c(c3ccc(OCCCN4CCN(c5ccc(C(=O)NC6CCC(Oc7ccc(C#N)c(Cl)c7)CC6)nn5)CC4)cc31)C(=O)N(C1CCC(=O)NC1=O)C2=O. The second-order valence-electron chi connectivity index (χ2n) is 18.3. The average molecular weight is 925 g/mol. The topological polar surface area (TPSA) is 201 Å². The summed E-state index contributed by atoms with van der Waals surface area (Å²) in [5.74, 6) is -0.499. The summed E-state index contributed by atoms with van der Waals surface area (Å²) >= 11 is 6.15. The van der Waals surface area contributed by atoms with Gasteiger partial charge in [-0.05, 0) is 81.0 Å². The second kappa shape index (κ2) is 19.7. The molecular formula is C46H54ClN9O8Si. The van der Waals surface area contributed by atoms with Gasteiger partial charge in [-0.25, -0.2) is 0 Å². The number of hydrogen-bond donors (Lipinski definition) is 2. The predicted molar refractivity (Wildman–Crippen MR) is 244 cm³/mol. The number of nitriles is 1. The van der Waals surface area contributed by atoms with E-state index < -0.39 is 37.7 Å². The summed E-state index contributed by atoms with van der Waals surface area (Å²) in [5.41, 5.74) is 1.73. The largest absolute Gasteiger partial charge is 0.493 e. The highest BCUT2D eigenvalue weighted by Gasteiger charge is 2.48. The van der Waals surface area contributed by atoms with Crippen LogP contribution in [0, 0.1) is 11.3 Å². The molecule has 2 saturated heterocycles. The molecule has 4 aliphatic rings. The zero-order valence-corrected chi connectivity index (χ0v) is 38.7. The number of nitrogens with zero attached hydrogens (tertiary/aromatic N) is 7. The fourth-order valence-electron chi connectivity index (χ4n) is 8.79. The van der Waals surface area contributed by atoms with E-state index in [4.69, 9.17) is 31.1 Å². The van der Waals surface area contributed by atoms with Crippen molar-refractivity contribution in [2.24, 2.45) is 0 Å². The second-order valence-corrected chi connectivity index (χ2v) is 24.3. The number of hydrogen-bond acceptors (Lipinski definition) is 13. The first-order valence-corrected chi connectivity index (χ1v) is 26.4. The Morgan fingerprint density at radius 3 is 2.38 bits per heavy atom. The molecule has 3 aliphatic heterocycles. The van der Waals surface area contributed by atoms with Crippen LogP contribution in [0.4, 0.5) is 5.82 Å². The minimum absolute atomic E-state index is 0.00617. The van der Waals surface area contributed by atoms with Gasteiger partial charge in [0.25, 0.3) is 17.7 Å². The van der Waals surface area contributed by atoms with E-state index in [9.17, 15) is 24.0 Å². The van der Waals surface area contributed by atoms with Gasteiger partial charge in [0.15, 0.2) is 11.5 Å². The van der Waals surface area contributed by atoms with Crippen molar-refractivity contribution in [2.45, 2.75) is 95.5 Å². The van der Waals surface area contributed by atoms with Crippen molar-refractivity contribution < 1.29 is 38.2 Å². The summed E-state index contributed by atoms with van der Waals surface area (Å²) in [7, 11) is -1.40. The Bertz CT molecular complexity index is 2510. The number of imide groups is 2. The van der Waals surface area contributed by atoms with Gasteiger partial charge in [0, 0.05) is 77.4 Å². The van der Waals surface area contributed by atoms with E-state index in [1.807, 2.05) is 12.1 Å². The molecule has 0 bridgehead atoms. The third kappa shape index (κ3) is 10.5. The summed E-state index contributed by atoms with van der Waals surface area (Å²) in [6, 6.07) is 16.0. The fourth-order valence-corrected chi connectivity index (χ4v) is 9.76. The molecule has 2 N–H and O–H groups in total. The van der Waals surface area contributed by atoms with Crippen LogP contribution in [-0.4, -0.2) is 126 Å². The Hall–Kier alpha value is -5.87. The lowest BCUT2D eigenvalue weighted by Crippen LogP contribution is -2.54. The van der Waals surface area contributed by atoms with Crippen molar-refractivity contribution in [1.82, 2.24) is 35.2 Å². The molecule has 1 atom stereocenters. The number of benzene rings is 2. The van der Waals surface area contributed by atoms with Gasteiger partial charge in [-0.15, -0.1) is 10.2 Å². The highest BCUT2D eigenvalue weighted by molar-refractivity contribution is 6.76. The molecule has 342 valence electrons. The van der Waals surface area contributed by atoms with Crippen LogP contribution in [0.25, 0.3) is 10.9 Å². The molecule has 5 heterocycles. The minimum Gasteiger partial charge on any atom is -0.493 e. The molecule has 8 rings (SSSR count). The standard InChI is InChI=1S/C46H54ClN9O8Si/c1-65(2,3)24-23-62-28-55-38-26-32(11-12-34(38)41-42(55)46(61)56(45(41)60)37-14-16-40(57)50-44(37)59)63-22-4-17-53-18-20-54(21-19-53)39-15-13-36(51-52-39)43(58)49-30-6-9-31(10-7-30)64-33-8-5-29(27-48)35(47)25-33/h5,8,11-13,15,25-26,30-31,37H,4,6-7,9-10,14,16-24,28H2,1-3H3,(H,49,58)(H,50,57,59). The smallest absolute Gasteiger partial charge is 0.279 e. The van der Waals surface area contributed by atoms with E-state index in [1.165, 1.54) is 0 Å². The maximum absolute atomic E-state index is 13.9. The normalized spacial score (nSPS) is 20.4. The molecule has 3 fully saturated rings. The van der Waals surface area contributed by atoms with E-state index in [-0.39, 0.29) is 54.6 Å². The summed E-state index contributed by atoms with van der Waals surface area (Å²) in [6.45, 7) is 11.8. The van der Waals surface area contributed by atoms with Gasteiger partial charge >= 0.3 is 0 Å². The first kappa shape index (κ1) is 45.7. The van der Waals surface area contributed by atoms with Crippen LogP contribution >= 0.6 is 11.6 Å². The number of nitrogens with one attached hydrogen (secondary N) is 2. The van der Waals surface area contributed by atoms with Crippen LogP contribution in [0.2, 0.25) is 30.7 Å². The molecule has 2 aromatic heterocycles. The quantitative estimate of drug-likeness (QED) is 0.0825. The predicted octanol–water partition coefficient (Wildman–Crippen LogP) is 5.38.